The van der Waals surface area contributed by atoms with Crippen LogP contribution in [0.5, 0.6) is 0 Å². The first-order valence-corrected chi connectivity index (χ1v) is 24.7. The third-order valence-corrected chi connectivity index (χ3v) is 19.3. The maximum Gasteiger partial charge on any atom is 0.187 e. The lowest BCUT2D eigenvalue weighted by atomic mass is 9.35. The Hall–Kier alpha value is -0.760. The average molecular weight is 965 g/mol. The first-order chi connectivity index (χ1) is 31.0. The number of aliphatic hydroxyl groups excluding tert-OH is 11. The SMILES string of the molecule is CC1OC(OC2C(OC3CCC4(C)C(CCC5(C)C4CC(O)C4C(C(C)(O)CCC(O)C(C)(C)O)CCC45C)C3(C)CO)OC(CO)C(O)C2OC2OC(C)C(O)C(O)C2O)C(O)C(O)C1O. The van der Waals surface area contributed by atoms with Crippen molar-refractivity contribution in [2.75, 3.05) is 13.2 Å². The minimum atomic E-state index is -1.82. The van der Waals surface area contributed by atoms with E-state index in [1.807, 2.05) is 6.92 Å². The van der Waals surface area contributed by atoms with Gasteiger partial charge in [0.1, 0.15) is 61.0 Å². The molecular formula is C48H84O19. The van der Waals surface area contributed by atoms with Gasteiger partial charge in [0.05, 0.1) is 54.9 Å². The standard InChI is InChI=1S/C48H84O19/c1-21-31(53)34(56)36(58)40(62-21)66-38-33(55)25(19-49)64-42(39(38)67-41-37(59)35(57)32(54)22(2)63-41)65-29-13-14-44(5)26(45(29,6)20-50)11-16-46(7)27(44)18-24(51)30-23(10-15-47(30,46)8)48(9,61)17-12-28(52)43(3,4)60/h21-42,49-61H,10-20H2,1-9H3. The molecule has 0 aromatic rings. The quantitative estimate of drug-likeness (QED) is 0.100. The predicted octanol–water partition coefficient (Wildman–Crippen LogP) is -0.834. The fourth-order valence-electron chi connectivity index (χ4n) is 14.8. The van der Waals surface area contributed by atoms with Crippen molar-refractivity contribution in [3.05, 3.63) is 0 Å². The highest BCUT2D eigenvalue weighted by Crippen LogP contribution is 2.76. The molecule has 0 bridgehead atoms. The van der Waals surface area contributed by atoms with Crippen LogP contribution in [-0.2, 0) is 28.4 Å². The van der Waals surface area contributed by atoms with E-state index in [1.165, 1.54) is 13.8 Å². The molecule has 0 aromatic carbocycles. The van der Waals surface area contributed by atoms with Crippen LogP contribution in [0.15, 0.2) is 0 Å². The molecule has 3 aliphatic heterocycles. The molecule has 390 valence electrons. The Labute approximate surface area is 394 Å². The zero-order chi connectivity index (χ0) is 49.7. The fourth-order valence-corrected chi connectivity index (χ4v) is 14.8. The van der Waals surface area contributed by atoms with Crippen molar-refractivity contribution in [3.8, 4) is 0 Å². The fraction of sp³-hybridized carbons (Fsp3) is 1.00. The topological polar surface area (TPSA) is 318 Å². The lowest BCUT2D eigenvalue weighted by Gasteiger charge is -2.71. The Balaban J connectivity index is 1.17. The molecule has 3 saturated heterocycles. The average Bonchev–Trinajstić information content (AvgIpc) is 3.66. The molecule has 4 saturated carbocycles. The Morgan fingerprint density at radius 2 is 1.18 bits per heavy atom. The van der Waals surface area contributed by atoms with E-state index >= 15 is 0 Å². The third-order valence-electron chi connectivity index (χ3n) is 19.3. The van der Waals surface area contributed by atoms with Crippen LogP contribution in [0.2, 0.25) is 0 Å². The number of ether oxygens (including phenoxy) is 6. The second-order valence-electron chi connectivity index (χ2n) is 23.6. The Bertz CT molecular complexity index is 1690. The summed E-state index contributed by atoms with van der Waals surface area (Å²) in [5, 5.41) is 144. The van der Waals surface area contributed by atoms with Gasteiger partial charge in [0.2, 0.25) is 0 Å². The smallest absolute Gasteiger partial charge is 0.187 e. The van der Waals surface area contributed by atoms with E-state index in [4.69, 9.17) is 28.4 Å². The minimum absolute atomic E-state index is 0.00290. The molecule has 19 nitrogen and oxygen atoms in total. The monoisotopic (exact) mass is 965 g/mol. The van der Waals surface area contributed by atoms with Crippen molar-refractivity contribution in [2.24, 2.45) is 45.3 Å². The van der Waals surface area contributed by atoms with Gasteiger partial charge in [-0.2, -0.15) is 0 Å². The summed E-state index contributed by atoms with van der Waals surface area (Å²) in [6.07, 6.45) is -20.8. The van der Waals surface area contributed by atoms with E-state index in [0.29, 0.717) is 32.1 Å². The molecule has 0 amide bonds. The van der Waals surface area contributed by atoms with Gasteiger partial charge in [-0.3, -0.25) is 0 Å². The van der Waals surface area contributed by atoms with Crippen molar-refractivity contribution in [1.82, 2.24) is 0 Å². The molecule has 0 aromatic heterocycles. The summed E-state index contributed by atoms with van der Waals surface area (Å²) in [5.74, 6) is -0.606. The number of aliphatic hydroxyl groups is 13. The molecule has 67 heavy (non-hydrogen) atoms. The molecule has 0 spiro atoms. The molecule has 4 aliphatic carbocycles. The van der Waals surface area contributed by atoms with E-state index in [2.05, 4.69) is 20.8 Å². The molecule has 13 N–H and O–H groups in total. The van der Waals surface area contributed by atoms with E-state index in [9.17, 15) is 66.4 Å². The van der Waals surface area contributed by atoms with Crippen LogP contribution in [0, 0.1) is 45.3 Å². The molecule has 7 aliphatic rings. The summed E-state index contributed by atoms with van der Waals surface area (Å²) < 4.78 is 37.2. The van der Waals surface area contributed by atoms with Gasteiger partial charge >= 0.3 is 0 Å². The highest BCUT2D eigenvalue weighted by molar-refractivity contribution is 5.20. The second kappa shape index (κ2) is 19.3. The van der Waals surface area contributed by atoms with Crippen LogP contribution in [0.4, 0.5) is 0 Å². The zero-order valence-corrected chi connectivity index (χ0v) is 40.7. The highest BCUT2D eigenvalue weighted by atomic mass is 16.8. The summed E-state index contributed by atoms with van der Waals surface area (Å²) in [6.45, 7) is 15.5. The normalized spacial score (nSPS) is 54.1. The minimum Gasteiger partial charge on any atom is -0.396 e. The second-order valence-corrected chi connectivity index (χ2v) is 23.6. The Morgan fingerprint density at radius 1 is 0.627 bits per heavy atom. The molecule has 19 heteroatoms. The van der Waals surface area contributed by atoms with Gasteiger partial charge in [-0.05, 0) is 132 Å². The molecule has 3 heterocycles. The van der Waals surface area contributed by atoms with Gasteiger partial charge in [-0.25, -0.2) is 0 Å². The predicted molar refractivity (Wildman–Crippen MR) is 235 cm³/mol. The van der Waals surface area contributed by atoms with Gasteiger partial charge in [-0.1, -0.05) is 27.7 Å². The Kier molecular flexibility index (Phi) is 15.5. The first-order valence-electron chi connectivity index (χ1n) is 24.7. The molecule has 7 rings (SSSR count). The summed E-state index contributed by atoms with van der Waals surface area (Å²) in [6, 6.07) is 0. The van der Waals surface area contributed by atoms with Gasteiger partial charge < -0.3 is 94.8 Å². The van der Waals surface area contributed by atoms with Crippen molar-refractivity contribution >= 4 is 0 Å². The maximum absolute atomic E-state index is 12.3. The highest BCUT2D eigenvalue weighted by Gasteiger charge is 2.72. The summed E-state index contributed by atoms with van der Waals surface area (Å²) in [4.78, 5) is 0. The number of hydrogen-bond acceptors (Lipinski definition) is 19. The van der Waals surface area contributed by atoms with Crippen molar-refractivity contribution in [1.29, 1.82) is 0 Å². The van der Waals surface area contributed by atoms with Gasteiger partial charge in [0, 0.05) is 5.41 Å². The molecule has 7 fully saturated rings. The number of fused-ring (bicyclic) bond motifs is 5. The van der Waals surface area contributed by atoms with Gasteiger partial charge in [0.25, 0.3) is 0 Å². The first kappa shape index (κ1) is 54.0. The van der Waals surface area contributed by atoms with Crippen LogP contribution < -0.4 is 0 Å². The van der Waals surface area contributed by atoms with Crippen LogP contribution in [-0.4, -0.2) is 201 Å². The summed E-state index contributed by atoms with van der Waals surface area (Å²) in [7, 11) is 0. The zero-order valence-electron chi connectivity index (χ0n) is 40.7. The number of rotatable bonds is 13. The Morgan fingerprint density at radius 3 is 1.72 bits per heavy atom. The molecule has 0 radical (unpaired) electrons. The van der Waals surface area contributed by atoms with E-state index in [0.717, 1.165) is 12.8 Å². The summed E-state index contributed by atoms with van der Waals surface area (Å²) >= 11 is 0. The third kappa shape index (κ3) is 9.11. The van der Waals surface area contributed by atoms with Crippen LogP contribution in [0.1, 0.15) is 120 Å². The summed E-state index contributed by atoms with van der Waals surface area (Å²) in [5.41, 5.74) is -4.52. The lowest BCUT2D eigenvalue weighted by molar-refractivity contribution is -0.398. The van der Waals surface area contributed by atoms with E-state index in [1.54, 1.807) is 20.8 Å². The van der Waals surface area contributed by atoms with Crippen molar-refractivity contribution in [3.63, 3.8) is 0 Å². The van der Waals surface area contributed by atoms with Crippen molar-refractivity contribution in [2.45, 2.75) is 242 Å². The van der Waals surface area contributed by atoms with E-state index in [-0.39, 0.29) is 54.0 Å². The maximum atomic E-state index is 12.3. The van der Waals surface area contributed by atoms with Gasteiger partial charge in [0.15, 0.2) is 18.9 Å². The van der Waals surface area contributed by atoms with Crippen molar-refractivity contribution < 1.29 is 94.8 Å². The molecular weight excluding hydrogens is 881 g/mol. The van der Waals surface area contributed by atoms with Crippen LogP contribution in [0.25, 0.3) is 0 Å². The van der Waals surface area contributed by atoms with Crippen LogP contribution >= 0.6 is 0 Å². The largest absolute Gasteiger partial charge is 0.396 e. The lowest BCUT2D eigenvalue weighted by Crippen LogP contribution is -2.69. The van der Waals surface area contributed by atoms with Gasteiger partial charge in [-0.15, -0.1) is 0 Å². The molecule has 27 unspecified atom stereocenters. The van der Waals surface area contributed by atoms with E-state index < -0.39 is 139 Å². The molecule has 27 atom stereocenters. The number of hydrogen-bond donors (Lipinski definition) is 13. The van der Waals surface area contributed by atoms with Crippen LogP contribution in [0.3, 0.4) is 0 Å².